The van der Waals surface area contributed by atoms with E-state index in [1.807, 2.05) is 19.9 Å². The van der Waals surface area contributed by atoms with E-state index in [0.29, 0.717) is 6.42 Å². The number of unbranched alkanes of at least 4 members (excludes halogenated alkanes) is 1. The van der Waals surface area contributed by atoms with Crippen LogP contribution in [-0.2, 0) is 6.42 Å². The SMILES string of the molecule is CCCC#CCCc1cc(C)c(C)cc1F. The quantitative estimate of drug-likeness (QED) is 0.668. The molecule has 0 aliphatic carbocycles. The second-order valence-corrected chi connectivity index (χ2v) is 4.13. The van der Waals surface area contributed by atoms with E-state index in [1.165, 1.54) is 0 Å². The molecule has 0 spiro atoms. The smallest absolute Gasteiger partial charge is 0.126 e. The summed E-state index contributed by atoms with van der Waals surface area (Å²) in [6.45, 7) is 6.06. The Hall–Kier alpha value is -1.29. The van der Waals surface area contributed by atoms with Gasteiger partial charge in [0.05, 0.1) is 0 Å². The molecule has 0 radical (unpaired) electrons. The molecular weight excluding hydrogens is 199 g/mol. The van der Waals surface area contributed by atoms with Gasteiger partial charge in [0.15, 0.2) is 0 Å². The van der Waals surface area contributed by atoms with Gasteiger partial charge in [-0.25, -0.2) is 4.39 Å². The highest BCUT2D eigenvalue weighted by Gasteiger charge is 2.03. The van der Waals surface area contributed by atoms with Crippen molar-refractivity contribution in [3.05, 3.63) is 34.6 Å². The summed E-state index contributed by atoms with van der Waals surface area (Å²) in [5.41, 5.74) is 2.95. The molecular formula is C15H19F. The zero-order chi connectivity index (χ0) is 12.0. The van der Waals surface area contributed by atoms with Crippen LogP contribution >= 0.6 is 0 Å². The van der Waals surface area contributed by atoms with Crippen molar-refractivity contribution >= 4 is 0 Å². The molecule has 0 aromatic heterocycles. The van der Waals surface area contributed by atoms with E-state index < -0.39 is 0 Å². The highest BCUT2D eigenvalue weighted by atomic mass is 19.1. The summed E-state index contributed by atoms with van der Waals surface area (Å²) in [6, 6.07) is 3.55. The van der Waals surface area contributed by atoms with Crippen LogP contribution < -0.4 is 0 Å². The van der Waals surface area contributed by atoms with Crippen molar-refractivity contribution < 1.29 is 4.39 Å². The van der Waals surface area contributed by atoms with Gasteiger partial charge in [0.2, 0.25) is 0 Å². The molecule has 1 heteroatoms. The van der Waals surface area contributed by atoms with Gasteiger partial charge in [-0.05, 0) is 49.4 Å². The van der Waals surface area contributed by atoms with Crippen molar-refractivity contribution in [2.45, 2.75) is 46.5 Å². The van der Waals surface area contributed by atoms with Gasteiger partial charge in [-0.1, -0.05) is 13.0 Å². The lowest BCUT2D eigenvalue weighted by Crippen LogP contribution is -1.93. The van der Waals surface area contributed by atoms with Gasteiger partial charge >= 0.3 is 0 Å². The third kappa shape index (κ3) is 3.70. The van der Waals surface area contributed by atoms with Gasteiger partial charge in [-0.2, -0.15) is 0 Å². The van der Waals surface area contributed by atoms with Crippen LogP contribution in [0.2, 0.25) is 0 Å². The molecule has 0 heterocycles. The number of aryl methyl sites for hydroxylation is 3. The molecule has 86 valence electrons. The molecule has 16 heavy (non-hydrogen) atoms. The molecule has 0 saturated heterocycles. The van der Waals surface area contributed by atoms with E-state index >= 15 is 0 Å². The molecule has 0 N–H and O–H groups in total. The second-order valence-electron chi connectivity index (χ2n) is 4.13. The Morgan fingerprint density at radius 2 is 1.69 bits per heavy atom. The predicted molar refractivity (Wildman–Crippen MR) is 66.9 cm³/mol. The Morgan fingerprint density at radius 1 is 1.06 bits per heavy atom. The summed E-state index contributed by atoms with van der Waals surface area (Å²) in [4.78, 5) is 0. The first-order valence-corrected chi connectivity index (χ1v) is 5.86. The molecule has 0 aliphatic heterocycles. The van der Waals surface area contributed by atoms with Crippen molar-refractivity contribution in [1.29, 1.82) is 0 Å². The van der Waals surface area contributed by atoms with Gasteiger partial charge in [-0.15, -0.1) is 11.8 Å². The summed E-state index contributed by atoms with van der Waals surface area (Å²) in [5.74, 6) is 6.06. The standard InChI is InChI=1S/C15H19F/c1-4-5-6-7-8-9-14-10-12(2)13(3)11-15(14)16/h10-11H,4-5,8-9H2,1-3H3. The highest BCUT2D eigenvalue weighted by Crippen LogP contribution is 2.15. The lowest BCUT2D eigenvalue weighted by molar-refractivity contribution is 0.608. The summed E-state index contributed by atoms with van der Waals surface area (Å²) in [7, 11) is 0. The number of hydrogen-bond acceptors (Lipinski definition) is 0. The van der Waals surface area contributed by atoms with Gasteiger partial charge in [-0.3, -0.25) is 0 Å². The van der Waals surface area contributed by atoms with E-state index in [4.69, 9.17) is 0 Å². The third-order valence-corrected chi connectivity index (χ3v) is 2.68. The van der Waals surface area contributed by atoms with E-state index in [9.17, 15) is 4.39 Å². The molecule has 1 aromatic rings. The van der Waals surface area contributed by atoms with Crippen LogP contribution in [-0.4, -0.2) is 0 Å². The van der Waals surface area contributed by atoms with E-state index in [-0.39, 0.29) is 5.82 Å². The molecule has 1 aromatic carbocycles. The van der Waals surface area contributed by atoms with Crippen LogP contribution in [0, 0.1) is 31.5 Å². The summed E-state index contributed by atoms with van der Waals surface area (Å²) >= 11 is 0. The van der Waals surface area contributed by atoms with Gasteiger partial charge in [0.1, 0.15) is 5.82 Å². The fourth-order valence-electron chi connectivity index (χ4n) is 1.53. The molecule has 0 nitrogen and oxygen atoms in total. The monoisotopic (exact) mass is 218 g/mol. The minimum Gasteiger partial charge on any atom is -0.207 e. The average Bonchev–Trinajstić information content (AvgIpc) is 2.25. The first-order valence-electron chi connectivity index (χ1n) is 5.86. The summed E-state index contributed by atoms with van der Waals surface area (Å²) in [6.07, 6.45) is 3.49. The fraction of sp³-hybridized carbons (Fsp3) is 0.467. The zero-order valence-corrected chi connectivity index (χ0v) is 10.4. The van der Waals surface area contributed by atoms with Crippen molar-refractivity contribution in [1.82, 2.24) is 0 Å². The molecule has 1 rings (SSSR count). The highest BCUT2D eigenvalue weighted by molar-refractivity contribution is 5.31. The number of benzene rings is 1. The van der Waals surface area contributed by atoms with Gasteiger partial charge in [0.25, 0.3) is 0 Å². The van der Waals surface area contributed by atoms with Crippen molar-refractivity contribution in [3.8, 4) is 11.8 Å². The maximum atomic E-state index is 13.6. The van der Waals surface area contributed by atoms with Crippen LogP contribution in [0.4, 0.5) is 4.39 Å². The maximum Gasteiger partial charge on any atom is 0.126 e. The molecule has 0 bridgehead atoms. The Morgan fingerprint density at radius 3 is 2.38 bits per heavy atom. The van der Waals surface area contributed by atoms with Gasteiger partial charge in [0, 0.05) is 12.8 Å². The van der Waals surface area contributed by atoms with Crippen LogP contribution in [0.25, 0.3) is 0 Å². The van der Waals surface area contributed by atoms with E-state index in [0.717, 1.165) is 36.0 Å². The minimum atomic E-state index is -0.0969. The lowest BCUT2D eigenvalue weighted by Gasteiger charge is -2.05. The second kappa shape index (κ2) is 6.33. The topological polar surface area (TPSA) is 0 Å². The number of rotatable bonds is 3. The minimum absolute atomic E-state index is 0.0969. The first kappa shape index (κ1) is 12.8. The molecule has 0 aliphatic rings. The predicted octanol–water partition coefficient (Wildman–Crippen LogP) is 4.18. The van der Waals surface area contributed by atoms with Crippen LogP contribution in [0.15, 0.2) is 12.1 Å². The fourth-order valence-corrected chi connectivity index (χ4v) is 1.53. The Labute approximate surface area is 97.9 Å². The molecule has 0 fully saturated rings. The van der Waals surface area contributed by atoms with E-state index in [1.54, 1.807) is 6.07 Å². The van der Waals surface area contributed by atoms with Crippen molar-refractivity contribution in [2.75, 3.05) is 0 Å². The van der Waals surface area contributed by atoms with Crippen LogP contribution in [0.1, 0.15) is 42.9 Å². The first-order chi connectivity index (χ1) is 7.65. The maximum absolute atomic E-state index is 13.6. The molecule has 0 unspecified atom stereocenters. The summed E-state index contributed by atoms with van der Waals surface area (Å²) in [5, 5.41) is 0. The van der Waals surface area contributed by atoms with Crippen molar-refractivity contribution in [3.63, 3.8) is 0 Å². The zero-order valence-electron chi connectivity index (χ0n) is 10.4. The Bertz CT molecular complexity index is 407. The van der Waals surface area contributed by atoms with Crippen molar-refractivity contribution in [2.24, 2.45) is 0 Å². The molecule has 0 atom stereocenters. The largest absolute Gasteiger partial charge is 0.207 e. The Kier molecular flexibility index (Phi) is 5.05. The van der Waals surface area contributed by atoms with E-state index in [2.05, 4.69) is 18.8 Å². The molecule has 0 saturated carbocycles. The lowest BCUT2D eigenvalue weighted by atomic mass is 10.0. The average molecular weight is 218 g/mol. The van der Waals surface area contributed by atoms with Gasteiger partial charge < -0.3 is 0 Å². The number of halogens is 1. The van der Waals surface area contributed by atoms with Crippen LogP contribution in [0.3, 0.4) is 0 Å². The molecule has 0 amide bonds. The number of hydrogen-bond donors (Lipinski definition) is 0. The Balaban J connectivity index is 2.62. The summed E-state index contributed by atoms with van der Waals surface area (Å²) < 4.78 is 13.6. The van der Waals surface area contributed by atoms with Crippen LogP contribution in [0.5, 0.6) is 0 Å². The third-order valence-electron chi connectivity index (χ3n) is 2.68. The normalized spacial score (nSPS) is 9.75.